The fourth-order valence-corrected chi connectivity index (χ4v) is 4.31. The van der Waals surface area contributed by atoms with Gasteiger partial charge in [0.2, 0.25) is 5.16 Å². The van der Waals surface area contributed by atoms with Crippen molar-refractivity contribution in [1.82, 2.24) is 20.2 Å². The van der Waals surface area contributed by atoms with Crippen LogP contribution in [0.3, 0.4) is 0 Å². The van der Waals surface area contributed by atoms with Crippen molar-refractivity contribution in [2.45, 2.75) is 19.0 Å². The first kappa shape index (κ1) is 20.6. The Hall–Kier alpha value is -3.64. The molecule has 2 aromatic carbocycles. The molecule has 1 aliphatic heterocycles. The second kappa shape index (κ2) is 8.24. The standard InChI is InChI=1S/C22H21N7OS/c1-14-9-10-16(11-15(14)2)29-22(24-25-26-29)31-13-20(30)17(12-23)21-27(3)18-7-5-6-8-19(18)28(21)4/h5-11H,13H2,1-4H3. The number of anilines is 2. The van der Waals surface area contributed by atoms with E-state index in [1.54, 1.807) is 4.68 Å². The summed E-state index contributed by atoms with van der Waals surface area (Å²) >= 11 is 1.21. The summed E-state index contributed by atoms with van der Waals surface area (Å²) in [5.74, 6) is 0.349. The number of aryl methyl sites for hydroxylation is 2. The van der Waals surface area contributed by atoms with Gasteiger partial charge in [-0.3, -0.25) is 4.79 Å². The third-order valence-electron chi connectivity index (χ3n) is 5.36. The molecule has 0 aliphatic carbocycles. The smallest absolute Gasteiger partial charge is 0.214 e. The number of carbonyl (C=O) groups excluding carboxylic acids is 1. The second-order valence-corrected chi connectivity index (χ2v) is 8.21. The van der Waals surface area contributed by atoms with E-state index in [-0.39, 0.29) is 17.1 Å². The Labute approximate surface area is 184 Å². The summed E-state index contributed by atoms with van der Waals surface area (Å²) in [5.41, 5.74) is 5.14. The van der Waals surface area contributed by atoms with Crippen molar-refractivity contribution in [3.8, 4) is 11.8 Å². The summed E-state index contributed by atoms with van der Waals surface area (Å²) < 4.78 is 1.60. The molecule has 2 heterocycles. The topological polar surface area (TPSA) is 90.9 Å². The highest BCUT2D eigenvalue weighted by Crippen LogP contribution is 2.40. The number of benzene rings is 2. The molecular weight excluding hydrogens is 410 g/mol. The molecule has 8 nitrogen and oxygen atoms in total. The van der Waals surface area contributed by atoms with Crippen molar-refractivity contribution in [2.75, 3.05) is 29.6 Å². The molecular formula is C22H21N7OS. The van der Waals surface area contributed by atoms with Crippen LogP contribution in [0.5, 0.6) is 0 Å². The zero-order chi connectivity index (χ0) is 22.1. The lowest BCUT2D eigenvalue weighted by molar-refractivity contribution is -0.112. The van der Waals surface area contributed by atoms with Gasteiger partial charge in [0.15, 0.2) is 5.78 Å². The molecule has 9 heteroatoms. The van der Waals surface area contributed by atoms with Crippen LogP contribution < -0.4 is 9.80 Å². The lowest BCUT2D eigenvalue weighted by Gasteiger charge is -2.19. The number of Topliss-reactive ketones (excluding diaryl/α,β-unsaturated/α-hetero) is 1. The maximum absolute atomic E-state index is 13.0. The normalized spacial score (nSPS) is 12.7. The van der Waals surface area contributed by atoms with Gasteiger partial charge < -0.3 is 9.80 Å². The van der Waals surface area contributed by atoms with E-state index in [4.69, 9.17) is 0 Å². The van der Waals surface area contributed by atoms with Crippen LogP contribution in [0.15, 0.2) is 59.0 Å². The number of nitriles is 1. The first-order valence-corrected chi connectivity index (χ1v) is 10.6. The maximum Gasteiger partial charge on any atom is 0.214 e. The fraction of sp³-hybridized carbons (Fsp3) is 0.227. The van der Waals surface area contributed by atoms with Crippen molar-refractivity contribution in [2.24, 2.45) is 0 Å². The molecule has 0 saturated carbocycles. The second-order valence-electron chi connectivity index (χ2n) is 7.27. The van der Waals surface area contributed by atoms with Crippen LogP contribution in [0, 0.1) is 25.2 Å². The molecule has 1 aromatic heterocycles. The van der Waals surface area contributed by atoms with Gasteiger partial charge in [0.1, 0.15) is 17.5 Å². The molecule has 0 amide bonds. The molecule has 0 bridgehead atoms. The Balaban J connectivity index is 1.57. The highest BCUT2D eigenvalue weighted by Gasteiger charge is 2.31. The number of nitrogens with zero attached hydrogens (tertiary/aromatic N) is 7. The van der Waals surface area contributed by atoms with E-state index in [1.165, 1.54) is 17.3 Å². The molecule has 0 fully saturated rings. The number of aromatic nitrogens is 4. The molecule has 156 valence electrons. The molecule has 0 radical (unpaired) electrons. The van der Waals surface area contributed by atoms with Gasteiger partial charge in [0, 0.05) is 14.1 Å². The number of hydrogen-bond acceptors (Lipinski definition) is 8. The molecule has 0 atom stereocenters. The zero-order valence-electron chi connectivity index (χ0n) is 17.7. The number of hydrogen-bond donors (Lipinski definition) is 0. The van der Waals surface area contributed by atoms with Crippen LogP contribution in [0.2, 0.25) is 0 Å². The SMILES string of the molecule is Cc1ccc(-n2nnnc2SCC(=O)C(C#N)=C2N(C)c3ccccc3N2C)cc1C. The fourth-order valence-electron chi connectivity index (χ4n) is 3.55. The average Bonchev–Trinajstić information content (AvgIpc) is 3.34. The van der Waals surface area contributed by atoms with Gasteiger partial charge in [-0.15, -0.1) is 5.10 Å². The molecule has 0 saturated heterocycles. The van der Waals surface area contributed by atoms with Gasteiger partial charge in [-0.25, -0.2) is 0 Å². The van der Waals surface area contributed by atoms with E-state index >= 15 is 0 Å². The van der Waals surface area contributed by atoms with Crippen molar-refractivity contribution in [1.29, 1.82) is 5.26 Å². The van der Waals surface area contributed by atoms with Crippen molar-refractivity contribution in [3.63, 3.8) is 0 Å². The highest BCUT2D eigenvalue weighted by atomic mass is 32.2. The number of tetrazole rings is 1. The van der Waals surface area contributed by atoms with Gasteiger partial charge in [-0.05, 0) is 59.7 Å². The predicted octanol–water partition coefficient (Wildman–Crippen LogP) is 3.26. The van der Waals surface area contributed by atoms with Gasteiger partial charge in [0.25, 0.3) is 0 Å². The summed E-state index contributed by atoms with van der Waals surface area (Å²) in [4.78, 5) is 16.8. The predicted molar refractivity (Wildman–Crippen MR) is 120 cm³/mol. The van der Waals surface area contributed by atoms with Gasteiger partial charge in [-0.1, -0.05) is 30.0 Å². The highest BCUT2D eigenvalue weighted by molar-refractivity contribution is 7.99. The molecule has 0 N–H and O–H groups in total. The van der Waals surface area contributed by atoms with Crippen LogP contribution in [0.1, 0.15) is 11.1 Å². The number of para-hydroxylation sites is 2. The number of ketones is 1. The van der Waals surface area contributed by atoms with Crippen LogP contribution in [0.4, 0.5) is 11.4 Å². The third kappa shape index (κ3) is 3.66. The van der Waals surface area contributed by atoms with Crippen molar-refractivity contribution >= 4 is 28.9 Å². The van der Waals surface area contributed by atoms with E-state index < -0.39 is 0 Å². The van der Waals surface area contributed by atoms with Crippen LogP contribution >= 0.6 is 11.8 Å². The van der Waals surface area contributed by atoms with E-state index in [0.717, 1.165) is 22.6 Å². The number of allylic oxidation sites excluding steroid dienone is 1. The minimum atomic E-state index is -0.274. The number of rotatable bonds is 5. The van der Waals surface area contributed by atoms with E-state index in [1.807, 2.05) is 80.2 Å². The summed E-state index contributed by atoms with van der Waals surface area (Å²) in [6.07, 6.45) is 0. The summed E-state index contributed by atoms with van der Waals surface area (Å²) in [6, 6.07) is 15.8. The number of thioether (sulfide) groups is 1. The summed E-state index contributed by atoms with van der Waals surface area (Å²) in [6.45, 7) is 4.07. The van der Waals surface area contributed by atoms with Crippen LogP contribution in [-0.2, 0) is 4.79 Å². The Bertz CT molecular complexity index is 1210. The monoisotopic (exact) mass is 431 g/mol. The van der Waals surface area contributed by atoms with Gasteiger partial charge in [0.05, 0.1) is 22.8 Å². The summed E-state index contributed by atoms with van der Waals surface area (Å²) in [5, 5.41) is 22.1. The number of carbonyl (C=O) groups is 1. The minimum Gasteiger partial charge on any atom is -0.328 e. The molecule has 4 rings (SSSR count). The lowest BCUT2D eigenvalue weighted by Crippen LogP contribution is -2.26. The van der Waals surface area contributed by atoms with E-state index in [0.29, 0.717) is 11.0 Å². The molecule has 0 unspecified atom stereocenters. The first-order chi connectivity index (χ1) is 14.9. The minimum absolute atomic E-state index is 0.0512. The van der Waals surface area contributed by atoms with Crippen molar-refractivity contribution in [3.05, 3.63) is 65.0 Å². The molecule has 0 spiro atoms. The van der Waals surface area contributed by atoms with E-state index in [9.17, 15) is 10.1 Å². The number of fused-ring (bicyclic) bond motifs is 1. The molecule has 31 heavy (non-hydrogen) atoms. The quantitative estimate of drug-likeness (QED) is 0.345. The van der Waals surface area contributed by atoms with Gasteiger partial charge in [-0.2, -0.15) is 9.94 Å². The Kier molecular flexibility index (Phi) is 5.48. The van der Waals surface area contributed by atoms with Crippen LogP contribution in [0.25, 0.3) is 5.69 Å². The van der Waals surface area contributed by atoms with E-state index in [2.05, 4.69) is 21.6 Å². The Morgan fingerprint density at radius 2 is 1.74 bits per heavy atom. The lowest BCUT2D eigenvalue weighted by atomic mass is 10.1. The zero-order valence-corrected chi connectivity index (χ0v) is 18.5. The first-order valence-electron chi connectivity index (χ1n) is 9.65. The average molecular weight is 432 g/mol. The molecule has 1 aliphatic rings. The Morgan fingerprint density at radius 1 is 1.06 bits per heavy atom. The Morgan fingerprint density at radius 3 is 2.35 bits per heavy atom. The van der Waals surface area contributed by atoms with Gasteiger partial charge >= 0.3 is 0 Å². The van der Waals surface area contributed by atoms with Crippen LogP contribution in [-0.4, -0.2) is 45.8 Å². The maximum atomic E-state index is 13.0. The third-order valence-corrected chi connectivity index (χ3v) is 6.28. The molecule has 3 aromatic rings. The summed E-state index contributed by atoms with van der Waals surface area (Å²) in [7, 11) is 3.71. The van der Waals surface area contributed by atoms with Crippen molar-refractivity contribution < 1.29 is 4.79 Å². The largest absolute Gasteiger partial charge is 0.328 e.